The van der Waals surface area contributed by atoms with Crippen LogP contribution in [0.2, 0.25) is 5.02 Å². The van der Waals surface area contributed by atoms with E-state index in [0.717, 1.165) is 0 Å². The van der Waals surface area contributed by atoms with Gasteiger partial charge in [-0.3, -0.25) is 4.79 Å². The van der Waals surface area contributed by atoms with E-state index >= 15 is 0 Å². The predicted octanol–water partition coefficient (Wildman–Crippen LogP) is 2.13. The van der Waals surface area contributed by atoms with Gasteiger partial charge in [-0.2, -0.15) is 4.31 Å². The molecule has 0 bridgehead atoms. The lowest BCUT2D eigenvalue weighted by Gasteiger charge is -2.23. The first-order chi connectivity index (χ1) is 9.71. The van der Waals surface area contributed by atoms with Gasteiger partial charge in [0, 0.05) is 29.7 Å². The highest BCUT2D eigenvalue weighted by atomic mass is 35.5. The molecule has 0 atom stereocenters. The van der Waals surface area contributed by atoms with E-state index in [1.54, 1.807) is 24.3 Å². The van der Waals surface area contributed by atoms with E-state index in [1.165, 1.54) is 10.6 Å². The number of rotatable bonds is 7. The average molecular weight is 333 g/mol. The maximum atomic E-state index is 11.8. The summed E-state index contributed by atoms with van der Waals surface area (Å²) < 4.78 is 24.6. The Morgan fingerprint density at radius 2 is 1.86 bits per heavy atom. The number of hydrogen-bond donors (Lipinski definition) is 1. The number of benzene rings is 1. The molecule has 0 aromatic heterocycles. The largest absolute Gasteiger partial charge is 0.352 e. The number of nitrogens with one attached hydrogen (secondary N) is 1. The van der Waals surface area contributed by atoms with Gasteiger partial charge in [0.05, 0.1) is 6.26 Å². The van der Waals surface area contributed by atoms with E-state index in [4.69, 9.17) is 11.6 Å². The first kappa shape index (κ1) is 17.9. The molecule has 5 nitrogen and oxygen atoms in total. The zero-order valence-corrected chi connectivity index (χ0v) is 14.0. The Labute approximate surface area is 131 Å². The second-order valence-electron chi connectivity index (χ2n) is 5.08. The molecule has 1 aromatic carbocycles. The van der Waals surface area contributed by atoms with E-state index < -0.39 is 10.0 Å². The number of carbonyl (C=O) groups is 1. The number of sulfonamides is 1. The summed E-state index contributed by atoms with van der Waals surface area (Å²) in [5.41, 5.74) is 0.531. The van der Waals surface area contributed by atoms with Crippen LogP contribution in [0.5, 0.6) is 0 Å². The topological polar surface area (TPSA) is 66.5 Å². The Balaban J connectivity index is 2.43. The molecule has 1 amide bonds. The molecule has 21 heavy (non-hydrogen) atoms. The summed E-state index contributed by atoms with van der Waals surface area (Å²) in [7, 11) is -3.22. The summed E-state index contributed by atoms with van der Waals surface area (Å²) in [6.45, 7) is 4.46. The van der Waals surface area contributed by atoms with E-state index in [2.05, 4.69) is 5.32 Å². The molecule has 0 aliphatic rings. The molecule has 7 heteroatoms. The quantitative estimate of drug-likeness (QED) is 0.778. The van der Waals surface area contributed by atoms with Crippen molar-refractivity contribution in [3.63, 3.8) is 0 Å². The molecule has 1 aromatic rings. The molecule has 0 aliphatic heterocycles. The maximum Gasteiger partial charge on any atom is 0.251 e. The molecule has 0 unspecified atom stereocenters. The van der Waals surface area contributed by atoms with Crippen LogP contribution in [0.3, 0.4) is 0 Å². The van der Waals surface area contributed by atoms with Crippen LogP contribution in [0.1, 0.15) is 30.6 Å². The van der Waals surface area contributed by atoms with Crippen LogP contribution in [0, 0.1) is 0 Å². The zero-order chi connectivity index (χ0) is 16.0. The molecular formula is C14H21ClN2O3S. The molecule has 0 heterocycles. The molecule has 0 saturated carbocycles. The van der Waals surface area contributed by atoms with Gasteiger partial charge in [0.1, 0.15) is 0 Å². The van der Waals surface area contributed by atoms with Crippen LogP contribution in [0.25, 0.3) is 0 Å². The van der Waals surface area contributed by atoms with Gasteiger partial charge in [0.25, 0.3) is 5.91 Å². The van der Waals surface area contributed by atoms with Crippen molar-refractivity contribution >= 4 is 27.5 Å². The Hall–Kier alpha value is -1.11. The van der Waals surface area contributed by atoms with Gasteiger partial charge in [0.15, 0.2) is 0 Å². The minimum absolute atomic E-state index is 0.0908. The Kier molecular flexibility index (Phi) is 6.64. The predicted molar refractivity (Wildman–Crippen MR) is 85.1 cm³/mol. The minimum atomic E-state index is -3.22. The normalized spacial score (nSPS) is 11.9. The highest BCUT2D eigenvalue weighted by molar-refractivity contribution is 7.88. The van der Waals surface area contributed by atoms with Crippen LogP contribution in [-0.2, 0) is 10.0 Å². The summed E-state index contributed by atoms with van der Waals surface area (Å²) >= 11 is 5.76. The lowest BCUT2D eigenvalue weighted by Crippen LogP contribution is -2.38. The summed E-state index contributed by atoms with van der Waals surface area (Å²) in [6, 6.07) is 6.51. The van der Waals surface area contributed by atoms with Crippen LogP contribution in [0.4, 0.5) is 0 Å². The SMILES string of the molecule is CC(C)N(CCCNC(=O)c1ccc(Cl)cc1)S(C)(=O)=O. The fourth-order valence-corrected chi connectivity index (χ4v) is 3.30. The van der Waals surface area contributed by atoms with Gasteiger partial charge in [-0.25, -0.2) is 8.42 Å². The lowest BCUT2D eigenvalue weighted by atomic mass is 10.2. The van der Waals surface area contributed by atoms with Crippen LogP contribution in [-0.4, -0.2) is 44.0 Å². The van der Waals surface area contributed by atoms with Crippen LogP contribution < -0.4 is 5.32 Å². The van der Waals surface area contributed by atoms with Gasteiger partial charge in [-0.05, 0) is 44.5 Å². The second kappa shape index (κ2) is 7.77. The summed E-state index contributed by atoms with van der Waals surface area (Å²) in [6.07, 6.45) is 1.75. The minimum Gasteiger partial charge on any atom is -0.352 e. The van der Waals surface area contributed by atoms with Crippen LogP contribution in [0.15, 0.2) is 24.3 Å². The fourth-order valence-electron chi connectivity index (χ4n) is 1.95. The van der Waals surface area contributed by atoms with Crippen molar-refractivity contribution in [2.75, 3.05) is 19.3 Å². The molecular weight excluding hydrogens is 312 g/mol. The Bertz CT molecular complexity index is 570. The maximum absolute atomic E-state index is 11.8. The molecule has 0 fully saturated rings. The Morgan fingerprint density at radius 1 is 1.29 bits per heavy atom. The first-order valence-corrected chi connectivity index (χ1v) is 8.95. The van der Waals surface area contributed by atoms with Gasteiger partial charge in [-0.15, -0.1) is 0 Å². The molecule has 1 N–H and O–H groups in total. The number of amides is 1. The number of hydrogen-bond acceptors (Lipinski definition) is 3. The number of carbonyl (C=O) groups excluding carboxylic acids is 1. The molecule has 0 saturated heterocycles. The summed E-state index contributed by atoms with van der Waals surface area (Å²) in [4.78, 5) is 11.8. The second-order valence-corrected chi connectivity index (χ2v) is 7.46. The molecule has 0 aliphatic carbocycles. The first-order valence-electron chi connectivity index (χ1n) is 6.72. The van der Waals surface area contributed by atoms with E-state index in [-0.39, 0.29) is 11.9 Å². The van der Waals surface area contributed by atoms with Gasteiger partial charge < -0.3 is 5.32 Å². The molecule has 0 radical (unpaired) electrons. The zero-order valence-electron chi connectivity index (χ0n) is 12.5. The lowest BCUT2D eigenvalue weighted by molar-refractivity contribution is 0.0952. The highest BCUT2D eigenvalue weighted by Gasteiger charge is 2.19. The molecule has 0 spiro atoms. The van der Waals surface area contributed by atoms with Gasteiger partial charge >= 0.3 is 0 Å². The van der Waals surface area contributed by atoms with Gasteiger partial charge in [-0.1, -0.05) is 11.6 Å². The van der Waals surface area contributed by atoms with E-state index in [0.29, 0.717) is 30.1 Å². The van der Waals surface area contributed by atoms with Crippen LogP contribution >= 0.6 is 11.6 Å². The van der Waals surface area contributed by atoms with Crippen molar-refractivity contribution in [1.29, 1.82) is 0 Å². The van der Waals surface area contributed by atoms with Crippen molar-refractivity contribution in [3.8, 4) is 0 Å². The smallest absolute Gasteiger partial charge is 0.251 e. The van der Waals surface area contributed by atoms with Crippen molar-refractivity contribution in [1.82, 2.24) is 9.62 Å². The van der Waals surface area contributed by atoms with E-state index in [9.17, 15) is 13.2 Å². The number of halogens is 1. The third-order valence-corrected chi connectivity index (χ3v) is 4.66. The summed E-state index contributed by atoms with van der Waals surface area (Å²) in [5.74, 6) is -0.192. The molecule has 118 valence electrons. The van der Waals surface area contributed by atoms with Gasteiger partial charge in [0.2, 0.25) is 10.0 Å². The Morgan fingerprint density at radius 3 is 2.33 bits per heavy atom. The standard InChI is InChI=1S/C14H21ClN2O3S/c1-11(2)17(21(3,19)20)10-4-9-16-14(18)12-5-7-13(15)8-6-12/h5-8,11H,4,9-10H2,1-3H3,(H,16,18). The van der Waals surface area contributed by atoms with Crippen molar-refractivity contribution in [2.24, 2.45) is 0 Å². The highest BCUT2D eigenvalue weighted by Crippen LogP contribution is 2.09. The third-order valence-electron chi connectivity index (χ3n) is 2.95. The summed E-state index contributed by atoms with van der Waals surface area (Å²) in [5, 5.41) is 3.34. The third kappa shape index (κ3) is 6.03. The fraction of sp³-hybridized carbons (Fsp3) is 0.500. The average Bonchev–Trinajstić information content (AvgIpc) is 2.37. The van der Waals surface area contributed by atoms with Crippen molar-refractivity contribution in [3.05, 3.63) is 34.9 Å². The van der Waals surface area contributed by atoms with Crippen molar-refractivity contribution < 1.29 is 13.2 Å². The van der Waals surface area contributed by atoms with Crippen molar-refractivity contribution in [2.45, 2.75) is 26.3 Å². The monoisotopic (exact) mass is 332 g/mol. The van der Waals surface area contributed by atoms with E-state index in [1.807, 2.05) is 13.8 Å². The molecule has 1 rings (SSSR count). The number of nitrogens with zero attached hydrogens (tertiary/aromatic N) is 1.